The summed E-state index contributed by atoms with van der Waals surface area (Å²) in [6.07, 6.45) is -4.92. The summed E-state index contributed by atoms with van der Waals surface area (Å²) in [4.78, 5) is 27.1. The van der Waals surface area contributed by atoms with Crippen LogP contribution in [0.2, 0.25) is 0 Å². The maximum absolute atomic E-state index is 13.0. The first-order chi connectivity index (χ1) is 21.8. The number of piperidine rings is 1. The molecule has 1 N–H and O–H groups in total. The zero-order chi connectivity index (χ0) is 33.1. The normalized spacial score (nSPS) is 19.7. The number of carbonyl (C=O) groups is 2. The zero-order valence-electron chi connectivity index (χ0n) is 26.6. The summed E-state index contributed by atoms with van der Waals surface area (Å²) >= 11 is 0. The summed E-state index contributed by atoms with van der Waals surface area (Å²) in [7, 11) is 0. The van der Waals surface area contributed by atoms with E-state index in [1.165, 1.54) is 17.7 Å². The van der Waals surface area contributed by atoms with Crippen LogP contribution < -0.4 is 14.8 Å². The minimum atomic E-state index is -4.48. The number of rotatable bonds is 12. The molecule has 10 heteroatoms. The number of esters is 1. The van der Waals surface area contributed by atoms with E-state index in [0.717, 1.165) is 17.7 Å². The molecule has 1 aliphatic carbocycles. The van der Waals surface area contributed by atoms with E-state index in [4.69, 9.17) is 14.2 Å². The molecule has 2 aliphatic rings. The number of hydrogen-bond acceptors (Lipinski definition) is 6. The van der Waals surface area contributed by atoms with Crippen LogP contribution in [0.15, 0.2) is 72.8 Å². The highest BCUT2D eigenvalue weighted by Gasteiger charge is 2.56. The first kappa shape index (κ1) is 33.3. The summed E-state index contributed by atoms with van der Waals surface area (Å²) < 4.78 is 56.3. The Labute approximate surface area is 268 Å². The molecule has 4 atom stereocenters. The Morgan fingerprint density at radius 2 is 1.57 bits per heavy atom. The lowest BCUT2D eigenvalue weighted by Gasteiger charge is -2.21. The van der Waals surface area contributed by atoms with Crippen LogP contribution >= 0.6 is 0 Å². The van der Waals surface area contributed by atoms with Gasteiger partial charge < -0.3 is 24.4 Å². The van der Waals surface area contributed by atoms with Crippen molar-refractivity contribution in [3.8, 4) is 11.5 Å². The van der Waals surface area contributed by atoms with Crippen molar-refractivity contribution in [2.75, 3.05) is 32.8 Å². The minimum Gasteiger partial charge on any atom is -0.492 e. The number of alkyl halides is 3. The van der Waals surface area contributed by atoms with Gasteiger partial charge in [0.05, 0.1) is 12.2 Å². The van der Waals surface area contributed by atoms with E-state index in [2.05, 4.69) is 26.1 Å². The van der Waals surface area contributed by atoms with E-state index in [0.29, 0.717) is 56.0 Å². The molecule has 246 valence electrons. The van der Waals surface area contributed by atoms with Crippen LogP contribution in [0.1, 0.15) is 54.7 Å². The predicted molar refractivity (Wildman–Crippen MR) is 168 cm³/mol. The third-order valence-electron chi connectivity index (χ3n) is 8.56. The predicted octanol–water partition coefficient (Wildman–Crippen LogP) is 6.30. The topological polar surface area (TPSA) is 77.1 Å². The first-order valence-corrected chi connectivity index (χ1v) is 15.7. The monoisotopic (exact) mass is 638 g/mol. The summed E-state index contributed by atoms with van der Waals surface area (Å²) in [5.41, 5.74) is 1.35. The van der Waals surface area contributed by atoms with E-state index in [9.17, 15) is 22.8 Å². The van der Waals surface area contributed by atoms with Gasteiger partial charge in [0.1, 0.15) is 18.1 Å². The molecule has 7 nitrogen and oxygen atoms in total. The molecule has 46 heavy (non-hydrogen) atoms. The van der Waals surface area contributed by atoms with E-state index >= 15 is 0 Å². The van der Waals surface area contributed by atoms with Gasteiger partial charge in [-0.3, -0.25) is 4.79 Å². The van der Waals surface area contributed by atoms with Gasteiger partial charge >= 0.3 is 12.1 Å². The molecule has 0 aromatic heterocycles. The minimum absolute atomic E-state index is 0.0144. The van der Waals surface area contributed by atoms with Crippen LogP contribution in [0.5, 0.6) is 11.5 Å². The average Bonchev–Trinajstić information content (AvgIpc) is 3.46. The molecule has 1 saturated carbocycles. The highest BCUT2D eigenvalue weighted by molar-refractivity contribution is 5.94. The Morgan fingerprint density at radius 3 is 2.17 bits per heavy atom. The Bertz CT molecular complexity index is 1490. The van der Waals surface area contributed by atoms with Gasteiger partial charge in [-0.2, -0.15) is 13.2 Å². The lowest BCUT2D eigenvalue weighted by molar-refractivity contribution is -0.151. The fraction of sp³-hybridized carbons (Fsp3) is 0.444. The molecule has 1 saturated heterocycles. The quantitative estimate of drug-likeness (QED) is 0.186. The smallest absolute Gasteiger partial charge is 0.416 e. The molecule has 3 aromatic rings. The Kier molecular flexibility index (Phi) is 9.96. The van der Waals surface area contributed by atoms with E-state index in [1.807, 2.05) is 48.5 Å². The van der Waals surface area contributed by atoms with Crippen LogP contribution in [0.3, 0.4) is 0 Å². The number of benzene rings is 3. The van der Waals surface area contributed by atoms with Crippen molar-refractivity contribution in [1.82, 2.24) is 10.2 Å². The van der Waals surface area contributed by atoms with Gasteiger partial charge in [0, 0.05) is 37.7 Å². The number of hydrogen-bond donors (Lipinski definition) is 1. The lowest BCUT2D eigenvalue weighted by atomic mass is 9.87. The Hall–Kier alpha value is -4.05. The number of nitrogens with zero attached hydrogens (tertiary/aromatic N) is 1. The van der Waals surface area contributed by atoms with Gasteiger partial charge in [0.25, 0.3) is 5.91 Å². The molecule has 1 amide bonds. The van der Waals surface area contributed by atoms with Crippen molar-refractivity contribution in [3.05, 3.63) is 95.1 Å². The molecule has 0 spiro atoms. The molecule has 1 heterocycles. The van der Waals surface area contributed by atoms with Crippen molar-refractivity contribution in [2.45, 2.75) is 57.9 Å². The Morgan fingerprint density at radius 1 is 0.913 bits per heavy atom. The van der Waals surface area contributed by atoms with Gasteiger partial charge in [0.15, 0.2) is 6.10 Å². The van der Waals surface area contributed by atoms with Gasteiger partial charge in [-0.1, -0.05) is 51.1 Å². The maximum atomic E-state index is 13.0. The number of ether oxygens (including phenoxy) is 3. The second-order valence-corrected chi connectivity index (χ2v) is 12.9. The fourth-order valence-electron chi connectivity index (χ4n) is 5.94. The van der Waals surface area contributed by atoms with Crippen LogP contribution in [0, 0.1) is 11.8 Å². The number of nitrogens with one attached hydrogen (secondary N) is 1. The maximum Gasteiger partial charge on any atom is 0.416 e. The van der Waals surface area contributed by atoms with Crippen molar-refractivity contribution in [1.29, 1.82) is 0 Å². The molecule has 2 fully saturated rings. The molecule has 0 bridgehead atoms. The number of halogens is 3. The summed E-state index contributed by atoms with van der Waals surface area (Å²) in [6, 6.07) is 20.2. The molecule has 3 aromatic carbocycles. The van der Waals surface area contributed by atoms with E-state index in [-0.39, 0.29) is 29.5 Å². The summed E-state index contributed by atoms with van der Waals surface area (Å²) in [5.74, 6) is 1.11. The second kappa shape index (κ2) is 13.7. The molecular formula is C36H41F3N2O5. The van der Waals surface area contributed by atoms with Gasteiger partial charge in [0.2, 0.25) is 0 Å². The fourth-order valence-corrected chi connectivity index (χ4v) is 5.94. The molecule has 1 unspecified atom stereocenters. The van der Waals surface area contributed by atoms with Gasteiger partial charge in [-0.15, -0.1) is 0 Å². The molecular weight excluding hydrogens is 597 g/mol. The van der Waals surface area contributed by atoms with Crippen molar-refractivity contribution < 1.29 is 37.0 Å². The average molecular weight is 639 g/mol. The van der Waals surface area contributed by atoms with Gasteiger partial charge in [-0.05, 0) is 77.8 Å². The van der Waals surface area contributed by atoms with Crippen LogP contribution in [-0.4, -0.2) is 61.8 Å². The van der Waals surface area contributed by atoms with Gasteiger partial charge in [-0.25, -0.2) is 4.79 Å². The Balaban J connectivity index is 1.05. The first-order valence-electron chi connectivity index (χ1n) is 15.7. The summed E-state index contributed by atoms with van der Waals surface area (Å²) in [6.45, 7) is 10.6. The largest absolute Gasteiger partial charge is 0.492 e. The second-order valence-electron chi connectivity index (χ2n) is 12.9. The third-order valence-corrected chi connectivity index (χ3v) is 8.56. The lowest BCUT2D eigenvalue weighted by Crippen LogP contribution is -2.36. The number of carbonyl (C=O) groups excluding carboxylic acids is 2. The highest BCUT2D eigenvalue weighted by Crippen LogP contribution is 2.46. The summed E-state index contributed by atoms with van der Waals surface area (Å²) in [5, 5.41) is 3.47. The standard InChI is InChI=1S/C36H41F3N2O5/c1-5-44-34(43)31(46-28-15-11-25(12-16-28)35(2,3)4)19-23-9-13-27(14-10-23)45-18-17-40-32-29-21-41(22-30(29)32)33(42)24-7-6-8-26(20-24)36(37,38)39/h6-16,20,29-32,40H,5,17-19,21-22H2,1-4H3/t29-,30?,31-,32+/m0/s1. The molecule has 5 rings (SSSR count). The number of amides is 1. The van der Waals surface area contributed by atoms with E-state index < -0.39 is 23.8 Å². The van der Waals surface area contributed by atoms with Crippen molar-refractivity contribution >= 4 is 11.9 Å². The van der Waals surface area contributed by atoms with Crippen LogP contribution in [0.25, 0.3) is 0 Å². The van der Waals surface area contributed by atoms with Crippen LogP contribution in [-0.2, 0) is 27.5 Å². The molecule has 1 aliphatic heterocycles. The van der Waals surface area contributed by atoms with Crippen LogP contribution in [0.4, 0.5) is 13.2 Å². The zero-order valence-corrected chi connectivity index (χ0v) is 26.6. The number of likely N-dealkylation sites (tertiary alicyclic amines) is 1. The van der Waals surface area contributed by atoms with Crippen molar-refractivity contribution in [2.24, 2.45) is 11.8 Å². The SMILES string of the molecule is CCOC(=O)[C@H](Cc1ccc(OCCN[C@H]2C3CN(C(=O)c4cccc(C(F)(F)F)c4)C[C@@H]32)cc1)Oc1ccc(C(C)(C)C)cc1. The highest BCUT2D eigenvalue weighted by atomic mass is 19.4. The van der Waals surface area contributed by atoms with E-state index in [1.54, 1.807) is 11.8 Å². The number of fused-ring (bicyclic) bond motifs is 1. The third kappa shape index (κ3) is 8.20. The molecule has 0 radical (unpaired) electrons. The van der Waals surface area contributed by atoms with Crippen molar-refractivity contribution in [3.63, 3.8) is 0 Å².